The third-order valence-electron chi connectivity index (χ3n) is 1.72. The largest absolute Gasteiger partial charge is 0.386 e. The molecule has 1 unspecified atom stereocenters. The number of nitrogens with zero attached hydrogens (tertiary/aromatic N) is 1. The van der Waals surface area contributed by atoms with Crippen LogP contribution in [0.1, 0.15) is 25.5 Å². The van der Waals surface area contributed by atoms with Gasteiger partial charge in [-0.25, -0.2) is 4.98 Å². The summed E-state index contributed by atoms with van der Waals surface area (Å²) in [6.45, 7) is 4.12. The Labute approximate surface area is 88.7 Å². The van der Waals surface area contributed by atoms with E-state index in [2.05, 4.69) is 4.98 Å². The van der Waals surface area contributed by atoms with Gasteiger partial charge < -0.3 is 9.84 Å². The summed E-state index contributed by atoms with van der Waals surface area (Å²) in [4.78, 5) is 3.83. The minimum absolute atomic E-state index is 0.113. The van der Waals surface area contributed by atoms with Gasteiger partial charge in [-0.2, -0.15) is 0 Å². The summed E-state index contributed by atoms with van der Waals surface area (Å²) in [6.07, 6.45) is 1.04. The van der Waals surface area contributed by atoms with Crippen LogP contribution in [-0.4, -0.2) is 22.8 Å². The molecule has 0 saturated heterocycles. The minimum Gasteiger partial charge on any atom is -0.386 e. The van der Waals surface area contributed by atoms with E-state index < -0.39 is 6.10 Å². The number of aliphatic hydroxyl groups excluding tert-OH is 1. The Bertz CT molecular complexity index is 291. The summed E-state index contributed by atoms with van der Waals surface area (Å²) >= 11 is 5.69. The lowest BCUT2D eigenvalue weighted by atomic mass is 10.1. The van der Waals surface area contributed by atoms with Gasteiger partial charge in [0, 0.05) is 6.20 Å². The number of halogens is 1. The van der Waals surface area contributed by atoms with Crippen molar-refractivity contribution in [3.8, 4) is 0 Å². The minimum atomic E-state index is -0.641. The van der Waals surface area contributed by atoms with E-state index in [-0.39, 0.29) is 12.7 Å². The zero-order valence-electron chi connectivity index (χ0n) is 8.27. The summed E-state index contributed by atoms with van der Waals surface area (Å²) in [5.74, 6) is 0. The Morgan fingerprint density at radius 1 is 1.57 bits per heavy atom. The standard InChI is InChI=1S/C10H14ClNO2/c1-7(2)14-6-9(13)8-3-4-12-10(11)5-8/h3-5,7,9,13H,6H2,1-2H3. The van der Waals surface area contributed by atoms with Crippen LogP contribution in [0.15, 0.2) is 18.3 Å². The van der Waals surface area contributed by atoms with Crippen LogP contribution in [0.2, 0.25) is 5.15 Å². The Morgan fingerprint density at radius 3 is 2.86 bits per heavy atom. The highest BCUT2D eigenvalue weighted by Crippen LogP contribution is 2.16. The van der Waals surface area contributed by atoms with Crippen molar-refractivity contribution < 1.29 is 9.84 Å². The molecule has 1 rings (SSSR count). The molecule has 78 valence electrons. The number of hydrogen-bond acceptors (Lipinski definition) is 3. The van der Waals surface area contributed by atoms with Crippen LogP contribution >= 0.6 is 11.6 Å². The quantitative estimate of drug-likeness (QED) is 0.783. The Kier molecular flexibility index (Phi) is 4.32. The Morgan fingerprint density at radius 2 is 2.29 bits per heavy atom. The van der Waals surface area contributed by atoms with Crippen molar-refractivity contribution in [1.82, 2.24) is 4.98 Å². The van der Waals surface area contributed by atoms with Crippen LogP contribution in [-0.2, 0) is 4.74 Å². The van der Waals surface area contributed by atoms with Crippen molar-refractivity contribution in [2.45, 2.75) is 26.1 Å². The van der Waals surface area contributed by atoms with Gasteiger partial charge in [0.2, 0.25) is 0 Å². The van der Waals surface area contributed by atoms with Crippen molar-refractivity contribution in [3.63, 3.8) is 0 Å². The van der Waals surface area contributed by atoms with Crippen LogP contribution in [0.25, 0.3) is 0 Å². The van der Waals surface area contributed by atoms with Gasteiger partial charge in [-0.15, -0.1) is 0 Å². The number of hydrogen-bond donors (Lipinski definition) is 1. The second kappa shape index (κ2) is 5.29. The first-order valence-electron chi connectivity index (χ1n) is 4.50. The first-order chi connectivity index (χ1) is 6.59. The average Bonchev–Trinajstić information content (AvgIpc) is 2.14. The van der Waals surface area contributed by atoms with Crippen molar-refractivity contribution in [3.05, 3.63) is 29.0 Å². The van der Waals surface area contributed by atoms with Crippen molar-refractivity contribution in [2.24, 2.45) is 0 Å². The van der Waals surface area contributed by atoms with E-state index in [0.29, 0.717) is 5.15 Å². The number of pyridine rings is 1. The number of ether oxygens (including phenoxy) is 1. The van der Waals surface area contributed by atoms with E-state index in [4.69, 9.17) is 16.3 Å². The Balaban J connectivity index is 2.56. The number of aliphatic hydroxyl groups is 1. The van der Waals surface area contributed by atoms with E-state index in [1.807, 2.05) is 13.8 Å². The maximum Gasteiger partial charge on any atom is 0.129 e. The first kappa shape index (κ1) is 11.4. The summed E-state index contributed by atoms with van der Waals surface area (Å²) in [5.41, 5.74) is 0.727. The highest BCUT2D eigenvalue weighted by Gasteiger charge is 2.09. The van der Waals surface area contributed by atoms with Crippen LogP contribution in [0, 0.1) is 0 Å². The average molecular weight is 216 g/mol. The van der Waals surface area contributed by atoms with Gasteiger partial charge >= 0.3 is 0 Å². The van der Waals surface area contributed by atoms with Gasteiger partial charge in [0.1, 0.15) is 11.3 Å². The van der Waals surface area contributed by atoms with E-state index >= 15 is 0 Å². The fourth-order valence-electron chi connectivity index (χ4n) is 1.00. The molecule has 1 heterocycles. The molecule has 0 saturated carbocycles. The molecule has 0 bridgehead atoms. The Hall–Kier alpha value is -0.640. The van der Waals surface area contributed by atoms with Gasteiger partial charge in [-0.3, -0.25) is 0 Å². The molecule has 0 amide bonds. The van der Waals surface area contributed by atoms with Crippen molar-refractivity contribution in [1.29, 1.82) is 0 Å². The highest BCUT2D eigenvalue weighted by atomic mass is 35.5. The second-order valence-corrected chi connectivity index (χ2v) is 3.70. The maximum atomic E-state index is 9.68. The van der Waals surface area contributed by atoms with Gasteiger partial charge in [0.05, 0.1) is 12.7 Å². The summed E-state index contributed by atoms with van der Waals surface area (Å²) < 4.78 is 5.28. The second-order valence-electron chi connectivity index (χ2n) is 3.31. The fraction of sp³-hybridized carbons (Fsp3) is 0.500. The molecule has 3 nitrogen and oxygen atoms in total. The predicted octanol–water partition coefficient (Wildman–Crippen LogP) is 2.19. The van der Waals surface area contributed by atoms with E-state index in [0.717, 1.165) is 5.56 Å². The van der Waals surface area contributed by atoms with Gasteiger partial charge in [0.15, 0.2) is 0 Å². The van der Waals surface area contributed by atoms with Crippen molar-refractivity contribution in [2.75, 3.05) is 6.61 Å². The first-order valence-corrected chi connectivity index (χ1v) is 4.88. The molecule has 0 aliphatic rings. The maximum absolute atomic E-state index is 9.68. The molecule has 1 N–H and O–H groups in total. The smallest absolute Gasteiger partial charge is 0.129 e. The SMILES string of the molecule is CC(C)OCC(O)c1ccnc(Cl)c1. The molecule has 14 heavy (non-hydrogen) atoms. The molecule has 0 aliphatic carbocycles. The summed E-state index contributed by atoms with van der Waals surface area (Å²) in [7, 11) is 0. The normalized spacial score (nSPS) is 13.2. The molecule has 1 aromatic rings. The van der Waals surface area contributed by atoms with Crippen LogP contribution in [0.3, 0.4) is 0 Å². The van der Waals surface area contributed by atoms with E-state index in [1.165, 1.54) is 0 Å². The number of aromatic nitrogens is 1. The van der Waals surface area contributed by atoms with Gasteiger partial charge in [-0.1, -0.05) is 11.6 Å². The number of rotatable bonds is 4. The van der Waals surface area contributed by atoms with Crippen LogP contribution in [0.5, 0.6) is 0 Å². The molecule has 1 atom stereocenters. The molecule has 1 aromatic heterocycles. The lowest BCUT2D eigenvalue weighted by Gasteiger charge is -2.13. The van der Waals surface area contributed by atoms with E-state index in [1.54, 1.807) is 18.3 Å². The van der Waals surface area contributed by atoms with Gasteiger partial charge in [0.25, 0.3) is 0 Å². The summed E-state index contributed by atoms with van der Waals surface area (Å²) in [6, 6.07) is 3.36. The zero-order chi connectivity index (χ0) is 10.6. The zero-order valence-corrected chi connectivity index (χ0v) is 9.03. The third kappa shape index (κ3) is 3.62. The monoisotopic (exact) mass is 215 g/mol. The van der Waals surface area contributed by atoms with Crippen LogP contribution in [0.4, 0.5) is 0 Å². The predicted molar refractivity (Wildman–Crippen MR) is 55.3 cm³/mol. The molecular weight excluding hydrogens is 202 g/mol. The van der Waals surface area contributed by atoms with Gasteiger partial charge in [-0.05, 0) is 31.5 Å². The third-order valence-corrected chi connectivity index (χ3v) is 1.93. The topological polar surface area (TPSA) is 42.4 Å². The lowest BCUT2D eigenvalue weighted by molar-refractivity contribution is 0.00490. The van der Waals surface area contributed by atoms with Crippen LogP contribution < -0.4 is 0 Å². The molecule has 0 aromatic carbocycles. The molecule has 0 radical (unpaired) electrons. The van der Waals surface area contributed by atoms with Crippen molar-refractivity contribution >= 4 is 11.6 Å². The molecular formula is C10H14ClNO2. The summed E-state index contributed by atoms with van der Waals surface area (Å²) in [5, 5.41) is 10.1. The molecule has 0 fully saturated rings. The molecule has 0 spiro atoms. The highest BCUT2D eigenvalue weighted by molar-refractivity contribution is 6.29. The molecule has 4 heteroatoms. The lowest BCUT2D eigenvalue weighted by Crippen LogP contribution is -2.11. The van der Waals surface area contributed by atoms with E-state index in [9.17, 15) is 5.11 Å². The fourth-order valence-corrected chi connectivity index (χ4v) is 1.19. The molecule has 0 aliphatic heterocycles.